The third-order valence-corrected chi connectivity index (χ3v) is 2.37. The van der Waals surface area contributed by atoms with Gasteiger partial charge in [0.1, 0.15) is 11.1 Å². The first-order valence-corrected chi connectivity index (χ1v) is 5.07. The first-order chi connectivity index (χ1) is 8.50. The van der Waals surface area contributed by atoms with Gasteiger partial charge >= 0.3 is 6.03 Å². The van der Waals surface area contributed by atoms with Crippen LogP contribution in [-0.4, -0.2) is 21.7 Å². The van der Waals surface area contributed by atoms with Gasteiger partial charge in [-0.3, -0.25) is 4.79 Å². The second-order valence-corrected chi connectivity index (χ2v) is 3.62. The first-order valence-electron chi connectivity index (χ1n) is 5.07. The maximum Gasteiger partial charge on any atom is 0.332 e. The fraction of sp³-hybridized carbons (Fsp3) is 0.200. The van der Waals surface area contributed by atoms with E-state index in [1.54, 1.807) is 13.8 Å². The fourth-order valence-corrected chi connectivity index (χ4v) is 1.68. The molecule has 18 heavy (non-hydrogen) atoms. The van der Waals surface area contributed by atoms with Gasteiger partial charge in [0, 0.05) is 0 Å². The van der Waals surface area contributed by atoms with Crippen molar-refractivity contribution in [2.75, 3.05) is 0 Å². The minimum absolute atomic E-state index is 0.222. The van der Waals surface area contributed by atoms with Crippen molar-refractivity contribution in [3.05, 3.63) is 28.0 Å². The van der Waals surface area contributed by atoms with E-state index < -0.39 is 6.03 Å². The average Bonchev–Trinajstić information content (AvgIpc) is 2.63. The number of rotatable bonds is 2. The second kappa shape index (κ2) is 4.32. The van der Waals surface area contributed by atoms with E-state index in [0.717, 1.165) is 0 Å². The highest BCUT2D eigenvalue weighted by atomic mass is 16.3. The average molecular weight is 249 g/mol. The van der Waals surface area contributed by atoms with Gasteiger partial charge in [0.05, 0.1) is 17.6 Å². The van der Waals surface area contributed by atoms with Crippen molar-refractivity contribution < 1.29 is 9.21 Å². The molecule has 0 bridgehead atoms. The van der Waals surface area contributed by atoms with E-state index in [9.17, 15) is 9.59 Å². The minimum atomic E-state index is -0.785. The molecule has 0 aliphatic heterocycles. The van der Waals surface area contributed by atoms with Gasteiger partial charge in [0.2, 0.25) is 5.71 Å². The Morgan fingerprint density at radius 3 is 3.00 bits per heavy atom. The molecule has 2 aromatic rings. The lowest BCUT2D eigenvalue weighted by Gasteiger charge is -1.99. The Labute approximate surface area is 101 Å². The molecule has 0 saturated carbocycles. The van der Waals surface area contributed by atoms with Crippen LogP contribution in [0.2, 0.25) is 0 Å². The van der Waals surface area contributed by atoms with Crippen molar-refractivity contribution >= 4 is 22.8 Å². The Balaban J connectivity index is 2.64. The number of nitrogens with two attached hydrogens (primary N) is 1. The van der Waals surface area contributed by atoms with Crippen LogP contribution in [0.15, 0.2) is 20.6 Å². The van der Waals surface area contributed by atoms with E-state index in [0.29, 0.717) is 22.4 Å². The molecular formula is C10H11N5O3. The number of nitrogens with one attached hydrogen (secondary N) is 2. The van der Waals surface area contributed by atoms with Gasteiger partial charge in [0.15, 0.2) is 0 Å². The molecule has 2 amide bonds. The number of urea groups is 1. The molecule has 0 saturated heterocycles. The summed E-state index contributed by atoms with van der Waals surface area (Å²) in [5, 5.41) is 4.06. The number of nitrogens with zero attached hydrogens (tertiary/aromatic N) is 2. The molecule has 0 aliphatic carbocycles. The number of H-pyrrole nitrogens is 1. The van der Waals surface area contributed by atoms with Gasteiger partial charge in [-0.1, -0.05) is 0 Å². The van der Waals surface area contributed by atoms with Gasteiger partial charge in [-0.2, -0.15) is 5.10 Å². The second-order valence-electron chi connectivity index (χ2n) is 3.62. The number of furan rings is 1. The minimum Gasteiger partial charge on any atom is -0.442 e. The SMILES string of the molecule is C/C(=N/NC(N)=O)c1c(C)oc2nc[nH]c(=O)c12. The van der Waals surface area contributed by atoms with Crippen LogP contribution in [0, 0.1) is 6.92 Å². The number of carbonyl (C=O) groups is 1. The van der Waals surface area contributed by atoms with Gasteiger partial charge in [-0.15, -0.1) is 0 Å². The van der Waals surface area contributed by atoms with E-state index in [1.165, 1.54) is 6.33 Å². The lowest BCUT2D eigenvalue weighted by atomic mass is 10.1. The van der Waals surface area contributed by atoms with E-state index in [2.05, 4.69) is 20.5 Å². The lowest BCUT2D eigenvalue weighted by molar-refractivity contribution is 0.249. The van der Waals surface area contributed by atoms with E-state index in [-0.39, 0.29) is 11.3 Å². The van der Waals surface area contributed by atoms with Crippen LogP contribution in [0.4, 0.5) is 4.79 Å². The van der Waals surface area contributed by atoms with E-state index in [1.807, 2.05) is 0 Å². The molecule has 0 spiro atoms. The molecule has 0 unspecified atom stereocenters. The molecule has 0 fully saturated rings. The Bertz CT molecular complexity index is 697. The van der Waals surface area contributed by atoms with Crippen LogP contribution in [-0.2, 0) is 0 Å². The quantitative estimate of drug-likeness (QED) is 0.519. The molecular weight excluding hydrogens is 238 g/mol. The van der Waals surface area contributed by atoms with Crippen LogP contribution in [0.25, 0.3) is 11.1 Å². The van der Waals surface area contributed by atoms with Crippen LogP contribution in [0.5, 0.6) is 0 Å². The summed E-state index contributed by atoms with van der Waals surface area (Å²) in [5.74, 6) is 0.488. The summed E-state index contributed by atoms with van der Waals surface area (Å²) in [4.78, 5) is 28.7. The summed E-state index contributed by atoms with van der Waals surface area (Å²) in [6, 6.07) is -0.785. The van der Waals surface area contributed by atoms with Crippen molar-refractivity contribution in [1.29, 1.82) is 0 Å². The third-order valence-electron chi connectivity index (χ3n) is 2.37. The number of hydrogen-bond donors (Lipinski definition) is 3. The van der Waals surface area contributed by atoms with E-state index >= 15 is 0 Å². The van der Waals surface area contributed by atoms with Gasteiger partial charge in [-0.05, 0) is 13.8 Å². The standard InChI is InChI=1S/C10H11N5O3/c1-4(14-15-10(11)17)6-5(2)18-9-7(6)8(16)12-3-13-9/h3H,1-2H3,(H3,11,15,17)(H,12,13,16)/b14-4-. The largest absolute Gasteiger partial charge is 0.442 e. The zero-order valence-corrected chi connectivity index (χ0v) is 9.77. The maximum atomic E-state index is 11.7. The highest BCUT2D eigenvalue weighted by molar-refractivity contribution is 6.09. The normalized spacial score (nSPS) is 11.8. The molecule has 2 aromatic heterocycles. The third kappa shape index (κ3) is 1.95. The highest BCUT2D eigenvalue weighted by Gasteiger charge is 2.17. The number of fused-ring (bicyclic) bond motifs is 1. The maximum absolute atomic E-state index is 11.7. The Hall–Kier alpha value is -2.64. The van der Waals surface area contributed by atoms with Crippen LogP contribution in [0.1, 0.15) is 18.2 Å². The smallest absolute Gasteiger partial charge is 0.332 e. The van der Waals surface area contributed by atoms with Gasteiger partial charge < -0.3 is 15.1 Å². The van der Waals surface area contributed by atoms with Crippen molar-refractivity contribution in [3.8, 4) is 0 Å². The number of hydrazone groups is 1. The molecule has 4 N–H and O–H groups in total. The number of hydrogen-bond acceptors (Lipinski definition) is 5. The van der Waals surface area contributed by atoms with Crippen molar-refractivity contribution in [3.63, 3.8) is 0 Å². The monoisotopic (exact) mass is 249 g/mol. The Morgan fingerprint density at radius 1 is 1.61 bits per heavy atom. The molecule has 8 nitrogen and oxygen atoms in total. The number of aromatic nitrogens is 2. The Kier molecular flexibility index (Phi) is 2.84. The molecule has 94 valence electrons. The first kappa shape index (κ1) is 11.8. The number of primary amides is 1. The molecule has 8 heteroatoms. The molecule has 0 aliphatic rings. The predicted molar refractivity (Wildman–Crippen MR) is 64.3 cm³/mol. The summed E-state index contributed by atoms with van der Waals surface area (Å²) in [7, 11) is 0. The van der Waals surface area contributed by atoms with Crippen molar-refractivity contribution in [2.24, 2.45) is 10.8 Å². The number of aryl methyl sites for hydroxylation is 1. The van der Waals surface area contributed by atoms with Gasteiger partial charge in [-0.25, -0.2) is 15.2 Å². The van der Waals surface area contributed by atoms with Crippen LogP contribution in [0.3, 0.4) is 0 Å². The molecule has 0 radical (unpaired) electrons. The van der Waals surface area contributed by atoms with E-state index in [4.69, 9.17) is 10.2 Å². The number of carbonyl (C=O) groups excluding carboxylic acids is 1. The molecule has 2 rings (SSSR count). The zero-order chi connectivity index (χ0) is 13.3. The van der Waals surface area contributed by atoms with Crippen LogP contribution < -0.4 is 16.7 Å². The summed E-state index contributed by atoms with van der Waals surface area (Å²) in [6.45, 7) is 3.30. The highest BCUT2D eigenvalue weighted by Crippen LogP contribution is 2.20. The molecule has 0 aromatic carbocycles. The number of aromatic amines is 1. The Morgan fingerprint density at radius 2 is 2.33 bits per heavy atom. The predicted octanol–water partition coefficient (Wildman–Crippen LogP) is 0.217. The fourth-order valence-electron chi connectivity index (χ4n) is 1.68. The molecule has 2 heterocycles. The number of amides is 2. The topological polar surface area (TPSA) is 126 Å². The summed E-state index contributed by atoms with van der Waals surface area (Å²) in [6.07, 6.45) is 1.26. The zero-order valence-electron chi connectivity index (χ0n) is 9.77. The van der Waals surface area contributed by atoms with Crippen molar-refractivity contribution in [1.82, 2.24) is 15.4 Å². The van der Waals surface area contributed by atoms with Gasteiger partial charge in [0.25, 0.3) is 5.56 Å². The van der Waals surface area contributed by atoms with Crippen molar-refractivity contribution in [2.45, 2.75) is 13.8 Å². The summed E-state index contributed by atoms with van der Waals surface area (Å²) in [5.41, 5.74) is 7.80. The van der Waals surface area contributed by atoms with Crippen LogP contribution >= 0.6 is 0 Å². The summed E-state index contributed by atoms with van der Waals surface area (Å²) >= 11 is 0. The summed E-state index contributed by atoms with van der Waals surface area (Å²) < 4.78 is 5.35. The molecule has 0 atom stereocenters. The lowest BCUT2D eigenvalue weighted by Crippen LogP contribution is -2.25.